The molecule has 0 aliphatic heterocycles. The standard InChI is InChI=1S/C25H26N2O3/c1-18-7-6-10-23(17-18)30-19(2)25(29)27-22-14-12-21(13-15-22)26-24(28)16-11-20-8-4-3-5-9-20/h3-10,12-15,17,19H,11,16H2,1-2H3,(H,26,28)(H,27,29). The maximum absolute atomic E-state index is 12.4. The first kappa shape index (κ1) is 21.1. The van der Waals surface area contributed by atoms with Crippen molar-refractivity contribution in [2.24, 2.45) is 0 Å². The lowest BCUT2D eigenvalue weighted by atomic mass is 10.1. The first-order valence-electron chi connectivity index (χ1n) is 9.97. The van der Waals surface area contributed by atoms with Crippen molar-refractivity contribution >= 4 is 23.2 Å². The van der Waals surface area contributed by atoms with Gasteiger partial charge in [-0.05, 0) is 67.8 Å². The second-order valence-corrected chi connectivity index (χ2v) is 7.18. The molecule has 1 unspecified atom stereocenters. The first-order chi connectivity index (χ1) is 14.5. The van der Waals surface area contributed by atoms with Crippen LogP contribution in [0.15, 0.2) is 78.9 Å². The van der Waals surface area contributed by atoms with Crippen LogP contribution in [0.4, 0.5) is 11.4 Å². The average Bonchev–Trinajstić information content (AvgIpc) is 2.74. The fourth-order valence-electron chi connectivity index (χ4n) is 2.95. The normalized spacial score (nSPS) is 11.4. The largest absolute Gasteiger partial charge is 0.481 e. The van der Waals surface area contributed by atoms with Gasteiger partial charge < -0.3 is 15.4 Å². The Bertz CT molecular complexity index is 985. The third kappa shape index (κ3) is 6.48. The maximum Gasteiger partial charge on any atom is 0.265 e. The number of hydrogen-bond acceptors (Lipinski definition) is 3. The van der Waals surface area contributed by atoms with Crippen LogP contribution in [0, 0.1) is 6.92 Å². The van der Waals surface area contributed by atoms with Gasteiger partial charge in [0, 0.05) is 17.8 Å². The maximum atomic E-state index is 12.4. The molecule has 0 aliphatic rings. The van der Waals surface area contributed by atoms with Gasteiger partial charge in [0.2, 0.25) is 5.91 Å². The van der Waals surface area contributed by atoms with Gasteiger partial charge in [0.05, 0.1) is 0 Å². The monoisotopic (exact) mass is 402 g/mol. The quantitative estimate of drug-likeness (QED) is 0.559. The van der Waals surface area contributed by atoms with Gasteiger partial charge in [-0.2, -0.15) is 0 Å². The van der Waals surface area contributed by atoms with E-state index in [1.54, 1.807) is 31.2 Å². The summed E-state index contributed by atoms with van der Waals surface area (Å²) in [4.78, 5) is 24.5. The number of benzene rings is 3. The lowest BCUT2D eigenvalue weighted by molar-refractivity contribution is -0.122. The zero-order valence-electron chi connectivity index (χ0n) is 17.2. The van der Waals surface area contributed by atoms with Crippen molar-refractivity contribution in [1.82, 2.24) is 0 Å². The molecule has 2 N–H and O–H groups in total. The van der Waals surface area contributed by atoms with Gasteiger partial charge in [-0.15, -0.1) is 0 Å². The van der Waals surface area contributed by atoms with Crippen molar-refractivity contribution in [2.45, 2.75) is 32.8 Å². The molecule has 0 spiro atoms. The van der Waals surface area contributed by atoms with Crippen molar-refractivity contribution in [2.75, 3.05) is 10.6 Å². The van der Waals surface area contributed by atoms with Crippen LogP contribution in [0.1, 0.15) is 24.5 Å². The number of anilines is 2. The molecule has 154 valence electrons. The minimum absolute atomic E-state index is 0.0455. The van der Waals surface area contributed by atoms with Gasteiger partial charge >= 0.3 is 0 Å². The molecule has 0 bridgehead atoms. The molecule has 0 aliphatic carbocycles. The predicted octanol–water partition coefficient (Wildman–Crippen LogP) is 4.97. The Morgan fingerprint density at radius 3 is 2.20 bits per heavy atom. The molecule has 3 rings (SSSR count). The number of hydrogen-bond donors (Lipinski definition) is 2. The van der Waals surface area contributed by atoms with Crippen LogP contribution in [-0.4, -0.2) is 17.9 Å². The molecule has 5 heteroatoms. The highest BCUT2D eigenvalue weighted by molar-refractivity contribution is 5.95. The number of rotatable bonds is 8. The number of nitrogens with one attached hydrogen (secondary N) is 2. The number of ether oxygens (including phenoxy) is 1. The summed E-state index contributed by atoms with van der Waals surface area (Å²) in [6.07, 6.45) is 0.472. The second kappa shape index (κ2) is 10.3. The number of carbonyl (C=O) groups excluding carboxylic acids is 2. The molecule has 3 aromatic carbocycles. The van der Waals surface area contributed by atoms with Crippen molar-refractivity contribution in [3.8, 4) is 5.75 Å². The highest BCUT2D eigenvalue weighted by atomic mass is 16.5. The van der Waals surface area contributed by atoms with Crippen LogP contribution in [0.25, 0.3) is 0 Å². The van der Waals surface area contributed by atoms with E-state index in [0.717, 1.165) is 11.1 Å². The van der Waals surface area contributed by atoms with E-state index in [1.165, 1.54) is 0 Å². The van der Waals surface area contributed by atoms with E-state index < -0.39 is 6.10 Å². The van der Waals surface area contributed by atoms with Crippen LogP contribution in [-0.2, 0) is 16.0 Å². The molecule has 0 fully saturated rings. The fraction of sp³-hybridized carbons (Fsp3) is 0.200. The molecule has 30 heavy (non-hydrogen) atoms. The smallest absolute Gasteiger partial charge is 0.265 e. The minimum Gasteiger partial charge on any atom is -0.481 e. The molecule has 1 atom stereocenters. The topological polar surface area (TPSA) is 67.4 Å². The summed E-state index contributed by atoms with van der Waals surface area (Å²) in [6.45, 7) is 3.68. The summed E-state index contributed by atoms with van der Waals surface area (Å²) >= 11 is 0. The van der Waals surface area contributed by atoms with E-state index in [-0.39, 0.29) is 11.8 Å². The van der Waals surface area contributed by atoms with Gasteiger partial charge in [-0.25, -0.2) is 0 Å². The highest BCUT2D eigenvalue weighted by Gasteiger charge is 2.15. The van der Waals surface area contributed by atoms with E-state index in [1.807, 2.05) is 61.5 Å². The molecule has 0 saturated heterocycles. The lowest BCUT2D eigenvalue weighted by Crippen LogP contribution is -2.30. The zero-order valence-corrected chi connectivity index (χ0v) is 17.2. The summed E-state index contributed by atoms with van der Waals surface area (Å²) in [7, 11) is 0. The van der Waals surface area contributed by atoms with Crippen LogP contribution in [0.2, 0.25) is 0 Å². The van der Waals surface area contributed by atoms with Gasteiger partial charge in [-0.1, -0.05) is 42.5 Å². The van der Waals surface area contributed by atoms with E-state index in [2.05, 4.69) is 10.6 Å². The Kier molecular flexibility index (Phi) is 7.22. The molecule has 0 radical (unpaired) electrons. The van der Waals surface area contributed by atoms with Crippen molar-refractivity contribution in [3.05, 3.63) is 90.0 Å². The Morgan fingerprint density at radius 1 is 0.867 bits per heavy atom. The van der Waals surface area contributed by atoms with Crippen LogP contribution < -0.4 is 15.4 Å². The molecule has 3 aromatic rings. The Balaban J connectivity index is 1.47. The second-order valence-electron chi connectivity index (χ2n) is 7.18. The lowest BCUT2D eigenvalue weighted by Gasteiger charge is -2.15. The van der Waals surface area contributed by atoms with Crippen molar-refractivity contribution in [3.63, 3.8) is 0 Å². The van der Waals surface area contributed by atoms with Crippen LogP contribution >= 0.6 is 0 Å². The summed E-state index contributed by atoms with van der Waals surface area (Å²) in [5.41, 5.74) is 3.53. The van der Waals surface area contributed by atoms with E-state index in [9.17, 15) is 9.59 Å². The average molecular weight is 402 g/mol. The molecule has 2 amide bonds. The van der Waals surface area contributed by atoms with Gasteiger partial charge in [-0.3, -0.25) is 9.59 Å². The van der Waals surface area contributed by atoms with Crippen LogP contribution in [0.5, 0.6) is 5.75 Å². The highest BCUT2D eigenvalue weighted by Crippen LogP contribution is 2.17. The Labute approximate surface area is 177 Å². The molecule has 5 nitrogen and oxygen atoms in total. The summed E-state index contributed by atoms with van der Waals surface area (Å²) in [5.74, 6) is 0.373. The summed E-state index contributed by atoms with van der Waals surface area (Å²) in [5, 5.41) is 5.70. The van der Waals surface area contributed by atoms with Crippen molar-refractivity contribution < 1.29 is 14.3 Å². The first-order valence-corrected chi connectivity index (χ1v) is 9.97. The SMILES string of the molecule is Cc1cccc(OC(C)C(=O)Nc2ccc(NC(=O)CCc3ccccc3)cc2)c1. The van der Waals surface area contributed by atoms with Crippen LogP contribution in [0.3, 0.4) is 0 Å². The van der Waals surface area contributed by atoms with Gasteiger partial charge in [0.25, 0.3) is 5.91 Å². The number of carbonyl (C=O) groups is 2. The summed E-state index contributed by atoms with van der Waals surface area (Å²) in [6, 6.07) is 24.5. The molecule has 0 saturated carbocycles. The molecule has 0 heterocycles. The third-order valence-electron chi connectivity index (χ3n) is 4.59. The Hall–Kier alpha value is -3.60. The molecule has 0 aromatic heterocycles. The predicted molar refractivity (Wildman–Crippen MR) is 120 cm³/mol. The Morgan fingerprint density at radius 2 is 1.53 bits per heavy atom. The van der Waals surface area contributed by atoms with E-state index in [4.69, 9.17) is 4.74 Å². The fourth-order valence-corrected chi connectivity index (χ4v) is 2.95. The minimum atomic E-state index is -0.635. The van der Waals surface area contributed by atoms with E-state index >= 15 is 0 Å². The van der Waals surface area contributed by atoms with E-state index in [0.29, 0.717) is 30.0 Å². The number of amides is 2. The number of aryl methyl sites for hydroxylation is 2. The van der Waals surface area contributed by atoms with Gasteiger partial charge in [0.15, 0.2) is 6.10 Å². The zero-order chi connectivity index (χ0) is 21.3. The van der Waals surface area contributed by atoms with Gasteiger partial charge in [0.1, 0.15) is 5.75 Å². The molecular formula is C25H26N2O3. The summed E-state index contributed by atoms with van der Waals surface area (Å²) < 4.78 is 5.70. The van der Waals surface area contributed by atoms with Crippen molar-refractivity contribution in [1.29, 1.82) is 0 Å². The third-order valence-corrected chi connectivity index (χ3v) is 4.59. The molecular weight excluding hydrogens is 376 g/mol.